The van der Waals surface area contributed by atoms with Gasteiger partial charge in [-0.05, 0) is 12.8 Å². The van der Waals surface area contributed by atoms with Gasteiger partial charge in [-0.25, -0.2) is 0 Å². The molecule has 0 bridgehead atoms. The molecule has 0 aromatic heterocycles. The van der Waals surface area contributed by atoms with Crippen LogP contribution in [0.1, 0.15) is 47.0 Å². The molecule has 0 saturated carbocycles. The molecule has 0 heterocycles. The maximum atomic E-state index is 11.4. The summed E-state index contributed by atoms with van der Waals surface area (Å²) in [6.45, 7) is 9.13. The van der Waals surface area contributed by atoms with E-state index in [9.17, 15) is 4.79 Å². The maximum absolute atomic E-state index is 11.4. The van der Waals surface area contributed by atoms with Crippen molar-refractivity contribution in [1.29, 1.82) is 0 Å². The van der Waals surface area contributed by atoms with Gasteiger partial charge in [0, 0.05) is 25.0 Å². The van der Waals surface area contributed by atoms with Gasteiger partial charge in [-0.15, -0.1) is 0 Å². The Morgan fingerprint density at radius 2 is 1.79 bits per heavy atom. The second-order valence-electron chi connectivity index (χ2n) is 3.94. The molecular weight excluding hydrogens is 176 g/mol. The van der Waals surface area contributed by atoms with E-state index in [-0.39, 0.29) is 5.91 Å². The van der Waals surface area contributed by atoms with E-state index in [1.54, 1.807) is 0 Å². The lowest BCUT2D eigenvalue weighted by Crippen LogP contribution is -2.36. The zero-order chi connectivity index (χ0) is 11.0. The van der Waals surface area contributed by atoms with Gasteiger partial charge in [-0.2, -0.15) is 0 Å². The molecule has 0 atom stereocenters. The molecule has 2 N–H and O–H groups in total. The summed E-state index contributed by atoms with van der Waals surface area (Å²) in [6.07, 6.45) is 2.61. The molecule has 3 nitrogen and oxygen atoms in total. The summed E-state index contributed by atoms with van der Waals surface area (Å²) < 4.78 is 0. The third kappa shape index (κ3) is 6.89. The van der Waals surface area contributed by atoms with Crippen LogP contribution < -0.4 is 10.6 Å². The highest BCUT2D eigenvalue weighted by atomic mass is 16.1. The predicted molar refractivity (Wildman–Crippen MR) is 60.3 cm³/mol. The molecule has 0 rings (SSSR count). The average molecular weight is 200 g/mol. The SMILES string of the molecule is CCC(CC)NC(=O)CCNC(C)C. The minimum Gasteiger partial charge on any atom is -0.353 e. The highest BCUT2D eigenvalue weighted by molar-refractivity contribution is 5.76. The molecule has 0 spiro atoms. The summed E-state index contributed by atoms with van der Waals surface area (Å²) in [4.78, 5) is 11.4. The van der Waals surface area contributed by atoms with E-state index in [1.165, 1.54) is 0 Å². The second-order valence-corrected chi connectivity index (χ2v) is 3.94. The Bertz CT molecular complexity index is 153. The molecule has 1 amide bonds. The molecule has 0 aliphatic rings. The van der Waals surface area contributed by atoms with Gasteiger partial charge >= 0.3 is 0 Å². The van der Waals surface area contributed by atoms with Gasteiger partial charge in [0.25, 0.3) is 0 Å². The first kappa shape index (κ1) is 13.4. The van der Waals surface area contributed by atoms with E-state index in [0.29, 0.717) is 18.5 Å². The minimum absolute atomic E-state index is 0.159. The molecular formula is C11H24N2O. The maximum Gasteiger partial charge on any atom is 0.221 e. The van der Waals surface area contributed by atoms with Crippen LogP contribution in [0.3, 0.4) is 0 Å². The summed E-state index contributed by atoms with van der Waals surface area (Å²) in [6, 6.07) is 0.803. The molecule has 0 aliphatic heterocycles. The van der Waals surface area contributed by atoms with E-state index in [2.05, 4.69) is 38.3 Å². The Kier molecular flexibility index (Phi) is 7.48. The van der Waals surface area contributed by atoms with E-state index in [1.807, 2.05) is 0 Å². The van der Waals surface area contributed by atoms with Gasteiger partial charge in [0.2, 0.25) is 5.91 Å². The van der Waals surface area contributed by atoms with Gasteiger partial charge in [0.15, 0.2) is 0 Å². The average Bonchev–Trinajstić information content (AvgIpc) is 2.13. The smallest absolute Gasteiger partial charge is 0.221 e. The van der Waals surface area contributed by atoms with E-state index in [0.717, 1.165) is 19.4 Å². The summed E-state index contributed by atoms with van der Waals surface area (Å²) >= 11 is 0. The summed E-state index contributed by atoms with van der Waals surface area (Å²) in [7, 11) is 0. The Morgan fingerprint density at radius 1 is 1.21 bits per heavy atom. The van der Waals surface area contributed by atoms with Crippen molar-refractivity contribution in [3.8, 4) is 0 Å². The third-order valence-electron chi connectivity index (χ3n) is 2.26. The molecule has 0 unspecified atom stereocenters. The van der Waals surface area contributed by atoms with Crippen molar-refractivity contribution < 1.29 is 4.79 Å². The van der Waals surface area contributed by atoms with Crippen molar-refractivity contribution in [3.63, 3.8) is 0 Å². The van der Waals surface area contributed by atoms with Gasteiger partial charge < -0.3 is 10.6 Å². The molecule has 0 fully saturated rings. The Labute approximate surface area is 87.6 Å². The van der Waals surface area contributed by atoms with E-state index >= 15 is 0 Å². The first-order valence-electron chi connectivity index (χ1n) is 5.62. The fourth-order valence-electron chi connectivity index (χ4n) is 1.27. The lowest BCUT2D eigenvalue weighted by atomic mass is 10.1. The molecule has 3 heteroatoms. The van der Waals surface area contributed by atoms with Crippen LogP contribution in [-0.2, 0) is 4.79 Å². The highest BCUT2D eigenvalue weighted by Crippen LogP contribution is 1.96. The van der Waals surface area contributed by atoms with Crippen LogP contribution in [0.25, 0.3) is 0 Å². The first-order valence-corrected chi connectivity index (χ1v) is 5.62. The highest BCUT2D eigenvalue weighted by Gasteiger charge is 2.07. The van der Waals surface area contributed by atoms with Gasteiger partial charge in [0.05, 0.1) is 0 Å². The van der Waals surface area contributed by atoms with Crippen LogP contribution in [-0.4, -0.2) is 24.5 Å². The number of rotatable bonds is 7. The number of amides is 1. The minimum atomic E-state index is 0.159. The zero-order valence-corrected chi connectivity index (χ0v) is 9.89. The molecule has 14 heavy (non-hydrogen) atoms. The quantitative estimate of drug-likeness (QED) is 0.656. The summed E-state index contributed by atoms with van der Waals surface area (Å²) in [5, 5.41) is 6.24. The third-order valence-corrected chi connectivity index (χ3v) is 2.26. The van der Waals surface area contributed by atoms with Crippen LogP contribution in [0.4, 0.5) is 0 Å². The summed E-state index contributed by atoms with van der Waals surface area (Å²) in [5.74, 6) is 0.159. The van der Waals surface area contributed by atoms with Crippen LogP contribution in [0, 0.1) is 0 Å². The number of hydrogen-bond donors (Lipinski definition) is 2. The van der Waals surface area contributed by atoms with Crippen molar-refractivity contribution in [3.05, 3.63) is 0 Å². The lowest BCUT2D eigenvalue weighted by Gasteiger charge is -2.15. The first-order chi connectivity index (χ1) is 6.60. The molecule has 0 radical (unpaired) electrons. The van der Waals surface area contributed by atoms with Gasteiger partial charge in [-0.3, -0.25) is 4.79 Å². The van der Waals surface area contributed by atoms with Crippen molar-refractivity contribution in [2.24, 2.45) is 0 Å². The van der Waals surface area contributed by atoms with Crippen molar-refractivity contribution >= 4 is 5.91 Å². The fourth-order valence-corrected chi connectivity index (χ4v) is 1.27. The Morgan fingerprint density at radius 3 is 2.21 bits per heavy atom. The monoisotopic (exact) mass is 200 g/mol. The molecule has 84 valence electrons. The zero-order valence-electron chi connectivity index (χ0n) is 9.89. The van der Waals surface area contributed by atoms with Crippen LogP contribution in [0.5, 0.6) is 0 Å². The van der Waals surface area contributed by atoms with Crippen molar-refractivity contribution in [2.45, 2.75) is 59.0 Å². The number of nitrogens with one attached hydrogen (secondary N) is 2. The second kappa shape index (κ2) is 7.80. The fraction of sp³-hybridized carbons (Fsp3) is 0.909. The van der Waals surface area contributed by atoms with E-state index < -0.39 is 0 Å². The largest absolute Gasteiger partial charge is 0.353 e. The Balaban J connectivity index is 3.54. The normalized spacial score (nSPS) is 11.0. The molecule has 0 aromatic rings. The van der Waals surface area contributed by atoms with Crippen LogP contribution in [0.15, 0.2) is 0 Å². The topological polar surface area (TPSA) is 41.1 Å². The van der Waals surface area contributed by atoms with Crippen LogP contribution >= 0.6 is 0 Å². The number of carbonyl (C=O) groups excluding carboxylic acids is 1. The lowest BCUT2D eigenvalue weighted by molar-refractivity contribution is -0.121. The number of carbonyl (C=O) groups is 1. The van der Waals surface area contributed by atoms with Crippen molar-refractivity contribution in [2.75, 3.05) is 6.54 Å². The molecule has 0 aliphatic carbocycles. The molecule has 0 saturated heterocycles. The van der Waals surface area contributed by atoms with Crippen molar-refractivity contribution in [1.82, 2.24) is 10.6 Å². The molecule has 0 aromatic carbocycles. The van der Waals surface area contributed by atoms with Gasteiger partial charge in [-0.1, -0.05) is 27.7 Å². The van der Waals surface area contributed by atoms with Gasteiger partial charge in [0.1, 0.15) is 0 Å². The Hall–Kier alpha value is -0.570. The predicted octanol–water partition coefficient (Wildman–Crippen LogP) is 1.68. The van der Waals surface area contributed by atoms with E-state index in [4.69, 9.17) is 0 Å². The summed E-state index contributed by atoms with van der Waals surface area (Å²) in [5.41, 5.74) is 0. The number of hydrogen-bond acceptors (Lipinski definition) is 2. The standard InChI is InChI=1S/C11H24N2O/c1-5-10(6-2)13-11(14)7-8-12-9(3)4/h9-10,12H,5-8H2,1-4H3,(H,13,14). The van der Waals surface area contributed by atoms with Crippen LogP contribution in [0.2, 0.25) is 0 Å².